The third kappa shape index (κ3) is 2.13. The van der Waals surface area contributed by atoms with Crippen LogP contribution >= 0.6 is 0 Å². The van der Waals surface area contributed by atoms with Gasteiger partial charge in [-0.15, -0.1) is 0 Å². The fraction of sp³-hybridized carbons (Fsp3) is 0.500. The van der Waals surface area contributed by atoms with Gasteiger partial charge in [-0.2, -0.15) is 0 Å². The van der Waals surface area contributed by atoms with E-state index in [0.29, 0.717) is 12.8 Å². The zero-order chi connectivity index (χ0) is 14.0. The number of halogens is 1. The zero-order valence-corrected chi connectivity index (χ0v) is 10.8. The van der Waals surface area contributed by atoms with E-state index < -0.39 is 23.0 Å². The standard InChI is InChI=1S/C14H17FO4/c1-19-12-10(15)6-5-9(11(12)16)14(13(17)18)7-3-2-4-8-14/h5-6,16H,2-4,7-8H2,1H3,(H,17,18). The Morgan fingerprint density at radius 1 is 1.32 bits per heavy atom. The first-order valence-electron chi connectivity index (χ1n) is 6.32. The van der Waals surface area contributed by atoms with Crippen LogP contribution in [0.3, 0.4) is 0 Å². The van der Waals surface area contributed by atoms with Crippen molar-refractivity contribution in [3.05, 3.63) is 23.5 Å². The van der Waals surface area contributed by atoms with E-state index in [1.54, 1.807) is 0 Å². The predicted octanol–water partition coefficient (Wildman–Crippen LogP) is 2.83. The number of ether oxygens (including phenoxy) is 1. The average Bonchev–Trinajstić information content (AvgIpc) is 2.40. The molecule has 1 fully saturated rings. The monoisotopic (exact) mass is 268 g/mol. The number of carboxylic acid groups (broad SMARTS) is 1. The van der Waals surface area contributed by atoms with E-state index in [0.717, 1.165) is 25.3 Å². The third-order valence-corrected chi connectivity index (χ3v) is 3.92. The maximum Gasteiger partial charge on any atom is 0.314 e. The number of carbonyl (C=O) groups is 1. The molecule has 19 heavy (non-hydrogen) atoms. The molecule has 1 aromatic rings. The number of methoxy groups -OCH3 is 1. The highest BCUT2D eigenvalue weighted by Crippen LogP contribution is 2.46. The first kappa shape index (κ1) is 13.6. The molecular weight excluding hydrogens is 251 g/mol. The molecule has 0 atom stereocenters. The second kappa shape index (κ2) is 5.07. The number of rotatable bonds is 3. The summed E-state index contributed by atoms with van der Waals surface area (Å²) in [7, 11) is 1.25. The number of hydrogen-bond donors (Lipinski definition) is 2. The van der Waals surface area contributed by atoms with Crippen LogP contribution in [0.15, 0.2) is 12.1 Å². The summed E-state index contributed by atoms with van der Waals surface area (Å²) in [6.45, 7) is 0. The summed E-state index contributed by atoms with van der Waals surface area (Å²) in [6, 6.07) is 2.50. The number of carboxylic acids is 1. The van der Waals surface area contributed by atoms with Crippen LogP contribution in [0, 0.1) is 5.82 Å². The highest BCUT2D eigenvalue weighted by atomic mass is 19.1. The van der Waals surface area contributed by atoms with Crippen LogP contribution in [0.2, 0.25) is 0 Å². The van der Waals surface area contributed by atoms with Gasteiger partial charge in [-0.25, -0.2) is 4.39 Å². The van der Waals surface area contributed by atoms with E-state index in [2.05, 4.69) is 0 Å². The van der Waals surface area contributed by atoms with Gasteiger partial charge in [0.2, 0.25) is 0 Å². The van der Waals surface area contributed by atoms with Crippen molar-refractivity contribution in [2.75, 3.05) is 7.11 Å². The highest BCUT2D eigenvalue weighted by molar-refractivity contribution is 5.83. The van der Waals surface area contributed by atoms with E-state index >= 15 is 0 Å². The maximum atomic E-state index is 13.5. The van der Waals surface area contributed by atoms with Gasteiger partial charge in [0, 0.05) is 5.56 Å². The Labute approximate surface area is 110 Å². The lowest BCUT2D eigenvalue weighted by Crippen LogP contribution is -2.38. The number of aliphatic carboxylic acids is 1. The van der Waals surface area contributed by atoms with E-state index in [1.807, 2.05) is 0 Å². The van der Waals surface area contributed by atoms with Crippen molar-refractivity contribution in [2.45, 2.75) is 37.5 Å². The Balaban J connectivity index is 2.57. The van der Waals surface area contributed by atoms with Gasteiger partial charge in [0.25, 0.3) is 0 Å². The minimum Gasteiger partial charge on any atom is -0.504 e. The predicted molar refractivity (Wildman–Crippen MR) is 67.0 cm³/mol. The smallest absolute Gasteiger partial charge is 0.314 e. The van der Waals surface area contributed by atoms with Crippen molar-refractivity contribution in [1.29, 1.82) is 0 Å². The Bertz CT molecular complexity index is 492. The average molecular weight is 268 g/mol. The quantitative estimate of drug-likeness (QED) is 0.884. The topological polar surface area (TPSA) is 66.8 Å². The molecule has 4 nitrogen and oxygen atoms in total. The van der Waals surface area contributed by atoms with E-state index in [-0.39, 0.29) is 11.3 Å². The van der Waals surface area contributed by atoms with Crippen molar-refractivity contribution < 1.29 is 24.1 Å². The van der Waals surface area contributed by atoms with Gasteiger partial charge in [0.1, 0.15) is 0 Å². The van der Waals surface area contributed by atoms with Crippen LogP contribution in [-0.2, 0) is 10.2 Å². The molecule has 2 rings (SSSR count). The molecule has 0 radical (unpaired) electrons. The van der Waals surface area contributed by atoms with Gasteiger partial charge in [0.05, 0.1) is 12.5 Å². The largest absolute Gasteiger partial charge is 0.504 e. The fourth-order valence-corrected chi connectivity index (χ4v) is 2.88. The Hall–Kier alpha value is -1.78. The van der Waals surface area contributed by atoms with Gasteiger partial charge in [-0.05, 0) is 18.9 Å². The highest BCUT2D eigenvalue weighted by Gasteiger charge is 2.44. The van der Waals surface area contributed by atoms with Crippen LogP contribution in [0.5, 0.6) is 11.5 Å². The molecule has 1 aliphatic rings. The van der Waals surface area contributed by atoms with Crippen molar-refractivity contribution in [2.24, 2.45) is 0 Å². The summed E-state index contributed by atoms with van der Waals surface area (Å²) < 4.78 is 18.3. The lowest BCUT2D eigenvalue weighted by molar-refractivity contribution is -0.145. The normalized spacial score (nSPS) is 18.0. The molecule has 0 saturated heterocycles. The summed E-state index contributed by atoms with van der Waals surface area (Å²) in [6.07, 6.45) is 3.44. The first-order chi connectivity index (χ1) is 9.03. The van der Waals surface area contributed by atoms with E-state index in [9.17, 15) is 19.4 Å². The van der Waals surface area contributed by atoms with Gasteiger partial charge in [0.15, 0.2) is 17.3 Å². The van der Waals surface area contributed by atoms with Gasteiger partial charge in [-0.1, -0.05) is 25.3 Å². The van der Waals surface area contributed by atoms with Crippen molar-refractivity contribution in [3.8, 4) is 11.5 Å². The van der Waals surface area contributed by atoms with Crippen molar-refractivity contribution >= 4 is 5.97 Å². The molecule has 0 aliphatic heterocycles. The number of phenols is 1. The molecule has 0 aromatic heterocycles. The fourth-order valence-electron chi connectivity index (χ4n) is 2.88. The molecule has 5 heteroatoms. The van der Waals surface area contributed by atoms with Crippen LogP contribution in [0.1, 0.15) is 37.7 Å². The summed E-state index contributed by atoms with van der Waals surface area (Å²) in [5, 5.41) is 19.7. The Morgan fingerprint density at radius 2 is 1.95 bits per heavy atom. The second-order valence-corrected chi connectivity index (χ2v) is 4.92. The number of phenolic OH excluding ortho intramolecular Hbond substituents is 1. The van der Waals surface area contributed by atoms with E-state index in [1.165, 1.54) is 13.2 Å². The first-order valence-corrected chi connectivity index (χ1v) is 6.32. The van der Waals surface area contributed by atoms with Crippen molar-refractivity contribution in [3.63, 3.8) is 0 Å². The van der Waals surface area contributed by atoms with Gasteiger partial charge >= 0.3 is 5.97 Å². The Morgan fingerprint density at radius 3 is 2.47 bits per heavy atom. The molecule has 0 bridgehead atoms. The molecule has 1 aromatic carbocycles. The van der Waals surface area contributed by atoms with E-state index in [4.69, 9.17) is 4.74 Å². The number of benzene rings is 1. The molecule has 0 unspecified atom stereocenters. The van der Waals surface area contributed by atoms with Crippen LogP contribution < -0.4 is 4.74 Å². The minimum atomic E-state index is -1.14. The van der Waals surface area contributed by atoms with Crippen LogP contribution in [0.25, 0.3) is 0 Å². The summed E-state index contributed by atoms with van der Waals surface area (Å²) in [5.74, 6) is -2.35. The molecule has 0 heterocycles. The lowest BCUT2D eigenvalue weighted by Gasteiger charge is -2.34. The molecule has 0 amide bonds. The summed E-state index contributed by atoms with van der Waals surface area (Å²) >= 11 is 0. The molecule has 1 aliphatic carbocycles. The van der Waals surface area contributed by atoms with Gasteiger partial charge in [-0.3, -0.25) is 4.79 Å². The van der Waals surface area contributed by atoms with Crippen LogP contribution in [-0.4, -0.2) is 23.3 Å². The second-order valence-electron chi connectivity index (χ2n) is 4.92. The lowest BCUT2D eigenvalue weighted by atomic mass is 9.69. The molecule has 1 saturated carbocycles. The number of aromatic hydroxyl groups is 1. The molecule has 0 spiro atoms. The number of hydrogen-bond acceptors (Lipinski definition) is 3. The minimum absolute atomic E-state index is 0.248. The molecule has 104 valence electrons. The zero-order valence-electron chi connectivity index (χ0n) is 10.8. The molecular formula is C14H17FO4. The SMILES string of the molecule is COc1c(F)ccc(C2(C(=O)O)CCCCC2)c1O. The Kier molecular flexibility index (Phi) is 3.64. The van der Waals surface area contributed by atoms with Crippen molar-refractivity contribution in [1.82, 2.24) is 0 Å². The maximum absolute atomic E-state index is 13.5. The van der Waals surface area contributed by atoms with Gasteiger partial charge < -0.3 is 14.9 Å². The molecule has 2 N–H and O–H groups in total. The summed E-state index contributed by atoms with van der Waals surface area (Å²) in [5.41, 5.74) is -0.887. The summed E-state index contributed by atoms with van der Waals surface area (Å²) in [4.78, 5) is 11.7. The third-order valence-electron chi connectivity index (χ3n) is 3.92. The van der Waals surface area contributed by atoms with Crippen LogP contribution in [0.4, 0.5) is 4.39 Å².